The monoisotopic (exact) mass is 180 g/mol. The van der Waals surface area contributed by atoms with Crippen LogP contribution in [-0.2, 0) is 0 Å². The van der Waals surface area contributed by atoms with Crippen molar-refractivity contribution >= 4 is 18.3 Å². The number of pyridine rings is 1. The minimum atomic E-state index is 0.540. The third-order valence-corrected chi connectivity index (χ3v) is 2.61. The van der Waals surface area contributed by atoms with E-state index in [0.717, 1.165) is 13.1 Å². The zero-order valence-corrected chi connectivity index (χ0v) is 7.74. The average molecular weight is 180 g/mol. The summed E-state index contributed by atoms with van der Waals surface area (Å²) in [6.07, 6.45) is 4.85. The quantitative estimate of drug-likeness (QED) is 0.661. The first-order chi connectivity index (χ1) is 5.86. The maximum absolute atomic E-state index is 4.44. The van der Waals surface area contributed by atoms with Crippen molar-refractivity contribution in [3.05, 3.63) is 24.5 Å². The SMILES string of the molecule is SC1CCN(c2ccncc2)C1. The summed E-state index contributed by atoms with van der Waals surface area (Å²) in [4.78, 5) is 6.34. The van der Waals surface area contributed by atoms with E-state index in [1.807, 2.05) is 24.5 Å². The fourth-order valence-electron chi connectivity index (χ4n) is 1.53. The van der Waals surface area contributed by atoms with Crippen LogP contribution in [0, 0.1) is 0 Å². The largest absolute Gasteiger partial charge is 0.370 e. The van der Waals surface area contributed by atoms with E-state index < -0.39 is 0 Å². The molecule has 1 unspecified atom stereocenters. The topological polar surface area (TPSA) is 16.1 Å². The summed E-state index contributed by atoms with van der Waals surface area (Å²) in [5, 5.41) is 0.540. The van der Waals surface area contributed by atoms with Crippen LogP contribution in [0.2, 0.25) is 0 Å². The van der Waals surface area contributed by atoms with Gasteiger partial charge in [0.1, 0.15) is 0 Å². The van der Waals surface area contributed by atoms with Crippen LogP contribution >= 0.6 is 12.6 Å². The Hall–Kier alpha value is -0.700. The summed E-state index contributed by atoms with van der Waals surface area (Å²) in [5.74, 6) is 0. The molecule has 0 aromatic carbocycles. The molecule has 0 bridgehead atoms. The standard InChI is InChI=1S/C9H12N2S/c12-9-3-6-11(7-9)8-1-4-10-5-2-8/h1-2,4-5,9,12H,3,6-7H2. The van der Waals surface area contributed by atoms with Crippen molar-refractivity contribution in [2.24, 2.45) is 0 Å². The smallest absolute Gasteiger partial charge is 0.0397 e. The number of hydrogen-bond donors (Lipinski definition) is 1. The number of rotatable bonds is 1. The summed E-state index contributed by atoms with van der Waals surface area (Å²) >= 11 is 4.44. The number of nitrogens with zero attached hydrogens (tertiary/aromatic N) is 2. The fourth-order valence-corrected chi connectivity index (χ4v) is 1.84. The van der Waals surface area contributed by atoms with Crippen molar-refractivity contribution in [1.29, 1.82) is 0 Å². The molecule has 1 aliphatic heterocycles. The van der Waals surface area contributed by atoms with Gasteiger partial charge in [-0.05, 0) is 18.6 Å². The zero-order valence-electron chi connectivity index (χ0n) is 6.85. The summed E-state index contributed by atoms with van der Waals surface area (Å²) in [7, 11) is 0. The van der Waals surface area contributed by atoms with Gasteiger partial charge >= 0.3 is 0 Å². The van der Waals surface area contributed by atoms with Crippen LogP contribution in [0.1, 0.15) is 6.42 Å². The Balaban J connectivity index is 2.11. The van der Waals surface area contributed by atoms with Gasteiger partial charge in [-0.15, -0.1) is 0 Å². The third-order valence-electron chi connectivity index (χ3n) is 2.19. The lowest BCUT2D eigenvalue weighted by atomic mass is 10.4. The molecule has 2 rings (SSSR count). The van der Waals surface area contributed by atoms with Gasteiger partial charge in [0.05, 0.1) is 0 Å². The van der Waals surface area contributed by atoms with Crippen LogP contribution < -0.4 is 4.90 Å². The van der Waals surface area contributed by atoms with Crippen LogP contribution in [-0.4, -0.2) is 23.3 Å². The van der Waals surface area contributed by atoms with Gasteiger partial charge in [0.15, 0.2) is 0 Å². The van der Waals surface area contributed by atoms with Crippen molar-refractivity contribution < 1.29 is 0 Å². The average Bonchev–Trinajstić information content (AvgIpc) is 2.54. The van der Waals surface area contributed by atoms with Crippen LogP contribution in [0.3, 0.4) is 0 Å². The fraction of sp³-hybridized carbons (Fsp3) is 0.444. The first-order valence-electron chi connectivity index (χ1n) is 4.19. The highest BCUT2D eigenvalue weighted by atomic mass is 32.1. The summed E-state index contributed by atoms with van der Waals surface area (Å²) in [6.45, 7) is 2.19. The first kappa shape index (κ1) is 7.92. The first-order valence-corrected chi connectivity index (χ1v) is 4.71. The maximum atomic E-state index is 4.44. The van der Waals surface area contributed by atoms with Crippen LogP contribution in [0.4, 0.5) is 5.69 Å². The Kier molecular flexibility index (Phi) is 2.21. The normalized spacial score (nSPS) is 23.1. The Morgan fingerprint density at radius 2 is 2.17 bits per heavy atom. The second-order valence-electron chi connectivity index (χ2n) is 3.09. The van der Waals surface area contributed by atoms with Crippen LogP contribution in [0.25, 0.3) is 0 Å². The molecule has 2 nitrogen and oxygen atoms in total. The molecule has 1 atom stereocenters. The molecule has 1 aromatic heterocycles. The lowest BCUT2D eigenvalue weighted by molar-refractivity contribution is 0.964. The number of thiol groups is 1. The highest BCUT2D eigenvalue weighted by molar-refractivity contribution is 7.81. The van der Waals surface area contributed by atoms with Gasteiger partial charge in [-0.2, -0.15) is 12.6 Å². The molecule has 12 heavy (non-hydrogen) atoms. The second kappa shape index (κ2) is 3.35. The molecule has 2 heterocycles. The van der Waals surface area contributed by atoms with E-state index in [9.17, 15) is 0 Å². The Morgan fingerprint density at radius 3 is 2.75 bits per heavy atom. The maximum Gasteiger partial charge on any atom is 0.0397 e. The van der Waals surface area contributed by atoms with Crippen molar-refractivity contribution in [1.82, 2.24) is 4.98 Å². The van der Waals surface area contributed by atoms with Gasteiger partial charge in [-0.3, -0.25) is 4.98 Å². The molecule has 0 amide bonds. The van der Waals surface area contributed by atoms with Crippen molar-refractivity contribution in [2.75, 3.05) is 18.0 Å². The molecule has 0 aliphatic carbocycles. The van der Waals surface area contributed by atoms with E-state index in [1.54, 1.807) is 0 Å². The van der Waals surface area contributed by atoms with E-state index in [2.05, 4.69) is 22.5 Å². The zero-order chi connectivity index (χ0) is 8.39. The van der Waals surface area contributed by atoms with Gasteiger partial charge in [-0.1, -0.05) is 0 Å². The molecule has 0 N–H and O–H groups in total. The molecular formula is C9H12N2S. The minimum absolute atomic E-state index is 0.540. The van der Waals surface area contributed by atoms with E-state index in [1.165, 1.54) is 12.1 Å². The minimum Gasteiger partial charge on any atom is -0.370 e. The van der Waals surface area contributed by atoms with Crippen molar-refractivity contribution in [3.8, 4) is 0 Å². The van der Waals surface area contributed by atoms with E-state index >= 15 is 0 Å². The highest BCUT2D eigenvalue weighted by Crippen LogP contribution is 2.21. The van der Waals surface area contributed by atoms with Gasteiger partial charge in [0.25, 0.3) is 0 Å². The lowest BCUT2D eigenvalue weighted by Crippen LogP contribution is -2.19. The van der Waals surface area contributed by atoms with Gasteiger partial charge in [0, 0.05) is 36.4 Å². The van der Waals surface area contributed by atoms with Gasteiger partial charge < -0.3 is 4.90 Å². The molecule has 1 aliphatic rings. The van der Waals surface area contributed by atoms with Crippen molar-refractivity contribution in [3.63, 3.8) is 0 Å². The molecule has 1 aromatic rings. The highest BCUT2D eigenvalue weighted by Gasteiger charge is 2.18. The lowest BCUT2D eigenvalue weighted by Gasteiger charge is -2.16. The number of anilines is 1. The molecule has 0 spiro atoms. The molecule has 3 heteroatoms. The molecule has 64 valence electrons. The Labute approximate surface area is 78.0 Å². The molecule has 0 radical (unpaired) electrons. The van der Waals surface area contributed by atoms with Gasteiger partial charge in [-0.25, -0.2) is 0 Å². The summed E-state index contributed by atoms with van der Waals surface area (Å²) < 4.78 is 0. The Morgan fingerprint density at radius 1 is 1.42 bits per heavy atom. The predicted molar refractivity (Wildman–Crippen MR) is 53.8 cm³/mol. The molecule has 1 fully saturated rings. The molecular weight excluding hydrogens is 168 g/mol. The molecule has 1 saturated heterocycles. The van der Waals surface area contributed by atoms with Gasteiger partial charge in [0.2, 0.25) is 0 Å². The van der Waals surface area contributed by atoms with Crippen LogP contribution in [0.5, 0.6) is 0 Å². The molecule has 0 saturated carbocycles. The Bertz CT molecular complexity index is 250. The predicted octanol–water partition coefficient (Wildman–Crippen LogP) is 1.59. The van der Waals surface area contributed by atoms with Crippen molar-refractivity contribution in [2.45, 2.75) is 11.7 Å². The summed E-state index contributed by atoms with van der Waals surface area (Å²) in [5.41, 5.74) is 1.27. The second-order valence-corrected chi connectivity index (χ2v) is 3.82. The third kappa shape index (κ3) is 1.55. The van der Waals surface area contributed by atoms with Crippen LogP contribution in [0.15, 0.2) is 24.5 Å². The van der Waals surface area contributed by atoms with E-state index in [0.29, 0.717) is 5.25 Å². The summed E-state index contributed by atoms with van der Waals surface area (Å²) in [6, 6.07) is 4.09. The van der Waals surface area contributed by atoms with E-state index in [-0.39, 0.29) is 0 Å². The van der Waals surface area contributed by atoms with E-state index in [4.69, 9.17) is 0 Å². The number of aromatic nitrogens is 1. The number of hydrogen-bond acceptors (Lipinski definition) is 3.